The number of benzene rings is 1. The van der Waals surface area contributed by atoms with Gasteiger partial charge in [-0.3, -0.25) is 4.79 Å². The van der Waals surface area contributed by atoms with Gasteiger partial charge in [-0.05, 0) is 37.3 Å². The fraction of sp³-hybridized carbons (Fsp3) is 0.533. The number of hydrogen-bond acceptors (Lipinski definition) is 2. The topological polar surface area (TPSA) is 20.3 Å². The number of hydrogen-bond donors (Lipinski definition) is 0. The second-order valence-electron chi connectivity index (χ2n) is 4.50. The largest absolute Gasteiger partial charge is 0.334 e. The van der Waals surface area contributed by atoms with Gasteiger partial charge in [0.2, 0.25) is 0 Å². The van der Waals surface area contributed by atoms with E-state index in [2.05, 4.69) is 13.8 Å². The molecule has 5 heteroatoms. The van der Waals surface area contributed by atoms with Gasteiger partial charge >= 0.3 is 0 Å². The first-order chi connectivity index (χ1) is 9.58. The van der Waals surface area contributed by atoms with Crippen LogP contribution in [0.1, 0.15) is 37.0 Å². The Morgan fingerprint density at radius 3 is 2.50 bits per heavy atom. The van der Waals surface area contributed by atoms with Crippen molar-refractivity contribution in [3.63, 3.8) is 0 Å². The van der Waals surface area contributed by atoms with Crippen LogP contribution in [0.25, 0.3) is 0 Å². The molecule has 0 fully saturated rings. The van der Waals surface area contributed by atoms with Crippen LogP contribution >= 0.6 is 35.0 Å². The summed E-state index contributed by atoms with van der Waals surface area (Å²) >= 11 is 13.6. The maximum Gasteiger partial charge on any atom is 0.255 e. The van der Waals surface area contributed by atoms with Crippen LogP contribution in [0.2, 0.25) is 5.02 Å². The molecule has 0 N–H and O–H groups in total. The maximum atomic E-state index is 12.8. The van der Waals surface area contributed by atoms with Crippen LogP contribution in [-0.2, 0) is 0 Å². The predicted molar refractivity (Wildman–Crippen MR) is 89.4 cm³/mol. The number of alkyl halides is 1. The molecule has 0 aliphatic heterocycles. The maximum absolute atomic E-state index is 12.8. The molecule has 0 saturated carbocycles. The van der Waals surface area contributed by atoms with Crippen molar-refractivity contribution in [2.45, 2.75) is 37.6 Å². The first-order valence-corrected chi connectivity index (χ1v) is 8.93. The van der Waals surface area contributed by atoms with E-state index in [4.69, 9.17) is 23.2 Å². The van der Waals surface area contributed by atoms with Gasteiger partial charge in [0.25, 0.3) is 5.91 Å². The smallest absolute Gasteiger partial charge is 0.255 e. The highest BCUT2D eigenvalue weighted by Crippen LogP contribution is 2.25. The zero-order valence-corrected chi connectivity index (χ0v) is 14.5. The van der Waals surface area contributed by atoms with Crippen molar-refractivity contribution in [2.24, 2.45) is 0 Å². The normalized spacial score (nSPS) is 10.9. The van der Waals surface area contributed by atoms with Crippen LogP contribution < -0.4 is 0 Å². The van der Waals surface area contributed by atoms with Crippen molar-refractivity contribution in [1.82, 2.24) is 4.90 Å². The SMILES string of the molecule is CCC(CC)N(CCCl)C(=O)c1cc(SC)ccc1Cl. The molecular weight excluding hydrogens is 313 g/mol. The Hall–Kier alpha value is -0.380. The first kappa shape index (κ1) is 17.7. The lowest BCUT2D eigenvalue weighted by Crippen LogP contribution is -2.41. The van der Waals surface area contributed by atoms with E-state index in [1.807, 2.05) is 23.3 Å². The average molecular weight is 334 g/mol. The van der Waals surface area contributed by atoms with Gasteiger partial charge in [-0.2, -0.15) is 0 Å². The van der Waals surface area contributed by atoms with Crippen LogP contribution in [0, 0.1) is 0 Å². The summed E-state index contributed by atoms with van der Waals surface area (Å²) in [4.78, 5) is 15.6. The van der Waals surface area contributed by atoms with Crippen molar-refractivity contribution in [3.05, 3.63) is 28.8 Å². The molecule has 0 saturated heterocycles. The lowest BCUT2D eigenvalue weighted by atomic mass is 10.1. The summed E-state index contributed by atoms with van der Waals surface area (Å²) in [6.45, 7) is 4.72. The van der Waals surface area contributed by atoms with E-state index in [0.717, 1.165) is 17.7 Å². The molecule has 1 amide bonds. The third kappa shape index (κ3) is 4.31. The third-order valence-corrected chi connectivity index (χ3v) is 4.60. The molecule has 0 radical (unpaired) electrons. The summed E-state index contributed by atoms with van der Waals surface area (Å²) in [5, 5.41) is 0.498. The molecule has 20 heavy (non-hydrogen) atoms. The van der Waals surface area contributed by atoms with Gasteiger partial charge in [-0.15, -0.1) is 23.4 Å². The van der Waals surface area contributed by atoms with E-state index in [1.165, 1.54) is 0 Å². The molecule has 0 aromatic heterocycles. The minimum absolute atomic E-state index is 0.0275. The summed E-state index contributed by atoms with van der Waals surface area (Å²) < 4.78 is 0. The molecule has 0 spiro atoms. The lowest BCUT2D eigenvalue weighted by molar-refractivity contribution is 0.0681. The number of carbonyl (C=O) groups is 1. The second kappa shape index (κ2) is 8.81. The van der Waals surface area contributed by atoms with Gasteiger partial charge in [0, 0.05) is 23.4 Å². The predicted octanol–water partition coefficient (Wildman–Crippen LogP) is 4.93. The second-order valence-corrected chi connectivity index (χ2v) is 6.17. The van der Waals surface area contributed by atoms with Crippen molar-refractivity contribution in [2.75, 3.05) is 18.7 Å². The summed E-state index contributed by atoms with van der Waals surface area (Å²) in [6.07, 6.45) is 3.81. The number of amides is 1. The number of thioether (sulfide) groups is 1. The Bertz CT molecular complexity index is 449. The number of carbonyl (C=O) groups excluding carboxylic acids is 1. The van der Waals surface area contributed by atoms with E-state index < -0.39 is 0 Å². The molecule has 1 aromatic rings. The monoisotopic (exact) mass is 333 g/mol. The van der Waals surface area contributed by atoms with Crippen molar-refractivity contribution in [1.29, 1.82) is 0 Å². The van der Waals surface area contributed by atoms with E-state index in [0.29, 0.717) is 23.0 Å². The fourth-order valence-electron chi connectivity index (χ4n) is 2.22. The molecule has 0 unspecified atom stereocenters. The van der Waals surface area contributed by atoms with E-state index in [-0.39, 0.29) is 11.9 Å². The highest BCUT2D eigenvalue weighted by molar-refractivity contribution is 7.98. The number of halogens is 2. The van der Waals surface area contributed by atoms with E-state index in [9.17, 15) is 4.79 Å². The average Bonchev–Trinajstić information content (AvgIpc) is 2.47. The third-order valence-electron chi connectivity index (χ3n) is 3.37. The standard InChI is InChI=1S/C15H21Cl2NOS/c1-4-11(5-2)18(9-8-16)15(19)13-10-12(20-3)6-7-14(13)17/h6-7,10-11H,4-5,8-9H2,1-3H3. The Morgan fingerprint density at radius 1 is 1.35 bits per heavy atom. The molecule has 1 rings (SSSR count). The highest BCUT2D eigenvalue weighted by atomic mass is 35.5. The molecule has 0 bridgehead atoms. The number of rotatable bonds is 7. The Balaban J connectivity index is 3.11. The van der Waals surface area contributed by atoms with Gasteiger partial charge in [-0.25, -0.2) is 0 Å². The lowest BCUT2D eigenvalue weighted by Gasteiger charge is -2.30. The molecule has 2 nitrogen and oxygen atoms in total. The fourth-order valence-corrected chi connectivity index (χ4v) is 3.04. The minimum Gasteiger partial charge on any atom is -0.334 e. The van der Waals surface area contributed by atoms with Gasteiger partial charge in [0.15, 0.2) is 0 Å². The first-order valence-electron chi connectivity index (χ1n) is 6.79. The zero-order chi connectivity index (χ0) is 15.1. The highest BCUT2D eigenvalue weighted by Gasteiger charge is 2.23. The number of nitrogens with zero attached hydrogens (tertiary/aromatic N) is 1. The van der Waals surface area contributed by atoms with E-state index >= 15 is 0 Å². The van der Waals surface area contributed by atoms with Crippen molar-refractivity contribution < 1.29 is 4.79 Å². The summed E-state index contributed by atoms with van der Waals surface area (Å²) in [6, 6.07) is 5.77. The van der Waals surface area contributed by atoms with Crippen LogP contribution in [0.4, 0.5) is 0 Å². The zero-order valence-electron chi connectivity index (χ0n) is 12.2. The van der Waals surface area contributed by atoms with Gasteiger partial charge < -0.3 is 4.90 Å². The van der Waals surface area contributed by atoms with Crippen LogP contribution in [-0.4, -0.2) is 35.5 Å². The van der Waals surface area contributed by atoms with Crippen molar-refractivity contribution in [3.8, 4) is 0 Å². The quantitative estimate of drug-likeness (QED) is 0.520. The Morgan fingerprint density at radius 2 is 2.00 bits per heavy atom. The summed E-state index contributed by atoms with van der Waals surface area (Å²) in [5.41, 5.74) is 0.565. The van der Waals surface area contributed by atoms with Gasteiger partial charge in [0.1, 0.15) is 0 Å². The minimum atomic E-state index is -0.0275. The molecule has 0 heterocycles. The molecule has 112 valence electrons. The molecule has 0 aliphatic rings. The Kier molecular flexibility index (Phi) is 7.78. The Labute approximate surface area is 135 Å². The van der Waals surface area contributed by atoms with Crippen LogP contribution in [0.15, 0.2) is 23.1 Å². The molecule has 0 aliphatic carbocycles. The van der Waals surface area contributed by atoms with Gasteiger partial charge in [-0.1, -0.05) is 25.4 Å². The molecular formula is C15H21Cl2NOS. The molecule has 0 atom stereocenters. The summed E-state index contributed by atoms with van der Waals surface area (Å²) in [5.74, 6) is 0.405. The summed E-state index contributed by atoms with van der Waals surface area (Å²) in [7, 11) is 0. The molecule has 1 aromatic carbocycles. The van der Waals surface area contributed by atoms with Gasteiger partial charge in [0.05, 0.1) is 10.6 Å². The van der Waals surface area contributed by atoms with Crippen LogP contribution in [0.3, 0.4) is 0 Å². The van der Waals surface area contributed by atoms with Crippen molar-refractivity contribution >= 4 is 40.9 Å². The van der Waals surface area contributed by atoms with Crippen LogP contribution in [0.5, 0.6) is 0 Å². The van der Waals surface area contributed by atoms with E-state index in [1.54, 1.807) is 17.8 Å².